The van der Waals surface area contributed by atoms with Crippen LogP contribution in [0.15, 0.2) is 18.2 Å². The Balaban J connectivity index is 2.11. The smallest absolute Gasteiger partial charge is 0.307 e. The molecule has 2 N–H and O–H groups in total. The molecule has 6 heteroatoms. The minimum Gasteiger partial charge on any atom is -0.481 e. The standard InChI is InChI=1S/C15H14FNO4/c1-2-7-21-13-6-3-9(16)8-12(13)17-14(18)10-4-5-11(10)15(19)20/h1,3,6,8,10-11H,4-5,7H2,(H,17,18)(H,19,20). The summed E-state index contributed by atoms with van der Waals surface area (Å²) in [6.45, 7) is -0.0182. The van der Waals surface area contributed by atoms with E-state index in [1.807, 2.05) is 0 Å². The molecule has 2 unspecified atom stereocenters. The Labute approximate surface area is 121 Å². The van der Waals surface area contributed by atoms with Gasteiger partial charge in [0.05, 0.1) is 17.5 Å². The van der Waals surface area contributed by atoms with Gasteiger partial charge in [0, 0.05) is 6.07 Å². The number of carbonyl (C=O) groups excluding carboxylic acids is 1. The topological polar surface area (TPSA) is 75.6 Å². The predicted molar refractivity (Wildman–Crippen MR) is 73.2 cm³/mol. The van der Waals surface area contributed by atoms with Crippen LogP contribution in [0.25, 0.3) is 0 Å². The lowest BCUT2D eigenvalue weighted by Crippen LogP contribution is -2.41. The summed E-state index contributed by atoms with van der Waals surface area (Å²) < 4.78 is 18.5. The molecule has 110 valence electrons. The van der Waals surface area contributed by atoms with Crippen LogP contribution in [-0.4, -0.2) is 23.6 Å². The summed E-state index contributed by atoms with van der Waals surface area (Å²) in [5.74, 6) is -0.765. The molecule has 1 fully saturated rings. The second kappa shape index (κ2) is 6.27. The van der Waals surface area contributed by atoms with Gasteiger partial charge in [-0.05, 0) is 25.0 Å². The molecule has 1 amide bonds. The summed E-state index contributed by atoms with van der Waals surface area (Å²) in [7, 11) is 0. The number of hydrogen-bond acceptors (Lipinski definition) is 3. The highest BCUT2D eigenvalue weighted by molar-refractivity contribution is 5.97. The second-order valence-electron chi connectivity index (χ2n) is 4.75. The zero-order valence-electron chi connectivity index (χ0n) is 11.1. The molecule has 0 aliphatic heterocycles. The van der Waals surface area contributed by atoms with Crippen LogP contribution in [-0.2, 0) is 9.59 Å². The Morgan fingerprint density at radius 1 is 1.43 bits per heavy atom. The summed E-state index contributed by atoms with van der Waals surface area (Å²) >= 11 is 0. The van der Waals surface area contributed by atoms with E-state index in [1.54, 1.807) is 0 Å². The molecule has 1 aromatic rings. The summed E-state index contributed by atoms with van der Waals surface area (Å²) in [6, 6.07) is 3.65. The highest BCUT2D eigenvalue weighted by Gasteiger charge is 2.41. The number of terminal acetylenes is 1. The van der Waals surface area contributed by atoms with E-state index >= 15 is 0 Å². The molecule has 0 heterocycles. The van der Waals surface area contributed by atoms with Gasteiger partial charge in [0.25, 0.3) is 0 Å². The predicted octanol–water partition coefficient (Wildman–Crippen LogP) is 1.89. The van der Waals surface area contributed by atoms with Crippen molar-refractivity contribution in [1.29, 1.82) is 0 Å². The number of hydrogen-bond donors (Lipinski definition) is 2. The van der Waals surface area contributed by atoms with Crippen molar-refractivity contribution in [3.63, 3.8) is 0 Å². The molecular weight excluding hydrogens is 277 g/mol. The molecule has 2 atom stereocenters. The second-order valence-corrected chi connectivity index (χ2v) is 4.75. The van der Waals surface area contributed by atoms with Crippen LogP contribution in [0, 0.1) is 30.0 Å². The maximum absolute atomic E-state index is 13.3. The van der Waals surface area contributed by atoms with Crippen LogP contribution in [0.5, 0.6) is 5.75 Å². The average Bonchev–Trinajstić information content (AvgIpc) is 2.35. The number of benzene rings is 1. The summed E-state index contributed by atoms with van der Waals surface area (Å²) in [4.78, 5) is 23.0. The first-order chi connectivity index (χ1) is 10.0. The van der Waals surface area contributed by atoms with E-state index in [2.05, 4.69) is 11.2 Å². The van der Waals surface area contributed by atoms with Crippen molar-refractivity contribution in [2.75, 3.05) is 11.9 Å². The largest absolute Gasteiger partial charge is 0.481 e. The van der Waals surface area contributed by atoms with E-state index in [1.165, 1.54) is 12.1 Å². The molecule has 0 radical (unpaired) electrons. The molecule has 1 aliphatic carbocycles. The van der Waals surface area contributed by atoms with Gasteiger partial charge in [-0.1, -0.05) is 5.92 Å². The Bertz CT molecular complexity index is 608. The first-order valence-corrected chi connectivity index (χ1v) is 6.42. The van der Waals surface area contributed by atoms with Crippen molar-refractivity contribution >= 4 is 17.6 Å². The van der Waals surface area contributed by atoms with E-state index in [4.69, 9.17) is 16.3 Å². The molecule has 1 aliphatic rings. The number of rotatable bonds is 5. The minimum atomic E-state index is -0.996. The van der Waals surface area contributed by atoms with Gasteiger partial charge in [-0.25, -0.2) is 4.39 Å². The van der Waals surface area contributed by atoms with Crippen LogP contribution in [0.4, 0.5) is 10.1 Å². The number of carboxylic acids is 1. The van der Waals surface area contributed by atoms with Crippen molar-refractivity contribution < 1.29 is 23.8 Å². The number of carbonyl (C=O) groups is 2. The number of carboxylic acid groups (broad SMARTS) is 1. The van der Waals surface area contributed by atoms with Gasteiger partial charge in [0.15, 0.2) is 0 Å². The number of anilines is 1. The van der Waals surface area contributed by atoms with Gasteiger partial charge in [0.1, 0.15) is 18.2 Å². The number of amides is 1. The zero-order valence-corrected chi connectivity index (χ0v) is 11.1. The normalized spacial score (nSPS) is 20.0. The van der Waals surface area contributed by atoms with Crippen LogP contribution in [0.2, 0.25) is 0 Å². The van der Waals surface area contributed by atoms with E-state index in [9.17, 15) is 14.0 Å². The Morgan fingerprint density at radius 2 is 2.14 bits per heavy atom. The highest BCUT2D eigenvalue weighted by atomic mass is 19.1. The van der Waals surface area contributed by atoms with Gasteiger partial charge >= 0.3 is 5.97 Å². The van der Waals surface area contributed by atoms with E-state index in [-0.39, 0.29) is 18.0 Å². The number of nitrogens with one attached hydrogen (secondary N) is 1. The molecule has 2 rings (SSSR count). The molecule has 0 aromatic heterocycles. The fraction of sp³-hybridized carbons (Fsp3) is 0.333. The lowest BCUT2D eigenvalue weighted by Gasteiger charge is -2.32. The highest BCUT2D eigenvalue weighted by Crippen LogP contribution is 2.36. The minimum absolute atomic E-state index is 0.0182. The molecule has 5 nitrogen and oxygen atoms in total. The maximum atomic E-state index is 13.3. The zero-order chi connectivity index (χ0) is 15.4. The molecule has 0 saturated heterocycles. The summed E-state index contributed by atoms with van der Waals surface area (Å²) in [5.41, 5.74) is 0.145. The van der Waals surface area contributed by atoms with Gasteiger partial charge in [-0.2, -0.15) is 0 Å². The number of halogens is 1. The number of aliphatic carboxylic acids is 1. The van der Waals surface area contributed by atoms with E-state index < -0.39 is 29.5 Å². The molecule has 0 spiro atoms. The summed E-state index contributed by atoms with van der Waals surface area (Å²) in [5, 5.41) is 11.5. The van der Waals surface area contributed by atoms with Crippen molar-refractivity contribution in [1.82, 2.24) is 0 Å². The van der Waals surface area contributed by atoms with Crippen LogP contribution < -0.4 is 10.1 Å². The maximum Gasteiger partial charge on any atom is 0.307 e. The summed E-state index contributed by atoms with van der Waals surface area (Å²) in [6.07, 6.45) is 6.05. The Kier molecular flexibility index (Phi) is 4.43. The fourth-order valence-corrected chi connectivity index (χ4v) is 2.18. The third kappa shape index (κ3) is 3.31. The van der Waals surface area contributed by atoms with Gasteiger partial charge < -0.3 is 15.2 Å². The number of ether oxygens (including phenoxy) is 1. The molecule has 1 aromatic carbocycles. The van der Waals surface area contributed by atoms with Crippen LogP contribution >= 0.6 is 0 Å². The Morgan fingerprint density at radius 3 is 2.71 bits per heavy atom. The monoisotopic (exact) mass is 291 g/mol. The quantitative estimate of drug-likeness (QED) is 0.812. The van der Waals surface area contributed by atoms with Crippen molar-refractivity contribution in [3.05, 3.63) is 24.0 Å². The molecule has 0 bridgehead atoms. The van der Waals surface area contributed by atoms with Crippen LogP contribution in [0.3, 0.4) is 0 Å². The lowest BCUT2D eigenvalue weighted by atomic mass is 9.73. The van der Waals surface area contributed by atoms with Crippen LogP contribution in [0.1, 0.15) is 12.8 Å². The van der Waals surface area contributed by atoms with Gasteiger partial charge in [-0.3, -0.25) is 9.59 Å². The third-order valence-corrected chi connectivity index (χ3v) is 3.44. The SMILES string of the molecule is C#CCOc1ccc(F)cc1NC(=O)C1CCC1C(=O)O. The lowest BCUT2D eigenvalue weighted by molar-refractivity contribution is -0.151. The first kappa shape index (κ1) is 14.9. The van der Waals surface area contributed by atoms with E-state index in [0.29, 0.717) is 12.8 Å². The molecule has 1 saturated carbocycles. The van der Waals surface area contributed by atoms with Crippen molar-refractivity contribution in [2.45, 2.75) is 12.8 Å². The Hall–Kier alpha value is -2.55. The van der Waals surface area contributed by atoms with E-state index in [0.717, 1.165) is 6.07 Å². The fourth-order valence-electron chi connectivity index (χ4n) is 2.18. The molecular formula is C15H14FNO4. The van der Waals surface area contributed by atoms with Gasteiger partial charge in [-0.15, -0.1) is 6.42 Å². The van der Waals surface area contributed by atoms with Crippen molar-refractivity contribution in [3.8, 4) is 18.1 Å². The molecule has 21 heavy (non-hydrogen) atoms. The third-order valence-electron chi connectivity index (χ3n) is 3.44. The first-order valence-electron chi connectivity index (χ1n) is 6.42. The van der Waals surface area contributed by atoms with Crippen molar-refractivity contribution in [2.24, 2.45) is 11.8 Å². The van der Waals surface area contributed by atoms with Gasteiger partial charge in [0.2, 0.25) is 5.91 Å². The average molecular weight is 291 g/mol.